The summed E-state index contributed by atoms with van der Waals surface area (Å²) in [6, 6.07) is 9.92. The van der Waals surface area contributed by atoms with Crippen LogP contribution in [-0.4, -0.2) is 36.3 Å². The lowest BCUT2D eigenvalue weighted by molar-refractivity contribution is -0.138. The van der Waals surface area contributed by atoms with Gasteiger partial charge in [0.1, 0.15) is 29.8 Å². The van der Waals surface area contributed by atoms with Gasteiger partial charge in [0.25, 0.3) is 11.8 Å². The molecule has 0 fully saturated rings. The van der Waals surface area contributed by atoms with Gasteiger partial charge in [-0.05, 0) is 48.9 Å². The van der Waals surface area contributed by atoms with Crippen LogP contribution >= 0.6 is 11.6 Å². The van der Waals surface area contributed by atoms with Crippen LogP contribution in [0.25, 0.3) is 17.4 Å². The van der Waals surface area contributed by atoms with Crippen LogP contribution in [0.15, 0.2) is 64.1 Å². The van der Waals surface area contributed by atoms with Gasteiger partial charge in [-0.1, -0.05) is 24.3 Å². The third-order valence-electron chi connectivity index (χ3n) is 4.66. The number of carbonyl (C=O) groups is 3. The van der Waals surface area contributed by atoms with Gasteiger partial charge in [0.15, 0.2) is 0 Å². The molecule has 156 valence electrons. The van der Waals surface area contributed by atoms with Crippen molar-refractivity contribution in [3.05, 3.63) is 76.1 Å². The van der Waals surface area contributed by atoms with Gasteiger partial charge >= 0.3 is 5.97 Å². The molecule has 7 nitrogen and oxygen atoms in total. The molecule has 1 aliphatic rings. The van der Waals surface area contributed by atoms with Crippen LogP contribution in [0, 0.1) is 11.3 Å². The molecule has 1 aromatic heterocycles. The molecule has 0 saturated carbocycles. The van der Waals surface area contributed by atoms with E-state index in [0.717, 1.165) is 4.90 Å². The number of nitrogens with zero attached hydrogens (tertiary/aromatic N) is 2. The van der Waals surface area contributed by atoms with Gasteiger partial charge in [-0.15, -0.1) is 0 Å². The summed E-state index contributed by atoms with van der Waals surface area (Å²) in [5.41, 5.74) is 1.13. The van der Waals surface area contributed by atoms with E-state index >= 15 is 0 Å². The van der Waals surface area contributed by atoms with Gasteiger partial charge in [0.2, 0.25) is 0 Å². The lowest BCUT2D eigenvalue weighted by Crippen LogP contribution is -2.39. The summed E-state index contributed by atoms with van der Waals surface area (Å²) in [5, 5.41) is 9.48. The molecule has 0 atom stereocenters. The smallest absolute Gasteiger partial charge is 0.339 e. The standard InChI is InChI=1S/C23H17ClN2O5/c1-4-9-30-23(29)17-10-14(5-7-19(17)24)20-8-6-15(31-20)11-16-13(2)18(12-25)22(28)26(3)21(16)27/h4-8,10-11H,1,9H2,2-3H3/b16-11+. The van der Waals surface area contributed by atoms with Crippen LogP contribution in [0.2, 0.25) is 5.02 Å². The number of hydrogen-bond donors (Lipinski definition) is 0. The van der Waals surface area contributed by atoms with Crippen LogP contribution in [0.1, 0.15) is 23.0 Å². The molecule has 2 amide bonds. The quantitative estimate of drug-likeness (QED) is 0.302. The highest BCUT2D eigenvalue weighted by Crippen LogP contribution is 2.30. The highest BCUT2D eigenvalue weighted by molar-refractivity contribution is 6.33. The summed E-state index contributed by atoms with van der Waals surface area (Å²) >= 11 is 6.11. The fraction of sp³-hybridized carbons (Fsp3) is 0.130. The van der Waals surface area contributed by atoms with Crippen molar-refractivity contribution >= 4 is 35.5 Å². The number of ether oxygens (including phenoxy) is 1. The minimum absolute atomic E-state index is 0.0559. The predicted molar refractivity (Wildman–Crippen MR) is 114 cm³/mol. The Kier molecular flexibility index (Phi) is 6.23. The van der Waals surface area contributed by atoms with E-state index in [1.165, 1.54) is 26.1 Å². The number of halogens is 1. The molecular weight excluding hydrogens is 420 g/mol. The van der Waals surface area contributed by atoms with Crippen LogP contribution in [0.4, 0.5) is 0 Å². The third-order valence-corrected chi connectivity index (χ3v) is 4.99. The lowest BCUT2D eigenvalue weighted by Gasteiger charge is -2.23. The van der Waals surface area contributed by atoms with Gasteiger partial charge in [-0.25, -0.2) is 4.79 Å². The third kappa shape index (κ3) is 4.20. The maximum Gasteiger partial charge on any atom is 0.339 e. The molecule has 1 aliphatic heterocycles. The van der Waals surface area contributed by atoms with E-state index in [4.69, 9.17) is 20.8 Å². The van der Waals surface area contributed by atoms with Gasteiger partial charge < -0.3 is 9.15 Å². The molecule has 31 heavy (non-hydrogen) atoms. The Morgan fingerprint density at radius 2 is 2.03 bits per heavy atom. The number of amides is 2. The van der Waals surface area contributed by atoms with Crippen LogP contribution in [-0.2, 0) is 14.3 Å². The zero-order chi connectivity index (χ0) is 22.7. The molecular formula is C23H17ClN2O5. The summed E-state index contributed by atoms with van der Waals surface area (Å²) < 4.78 is 10.8. The molecule has 0 bridgehead atoms. The van der Waals surface area contributed by atoms with Crippen LogP contribution in [0.3, 0.4) is 0 Å². The van der Waals surface area contributed by atoms with E-state index in [2.05, 4.69) is 6.58 Å². The second-order valence-electron chi connectivity index (χ2n) is 6.62. The van der Waals surface area contributed by atoms with E-state index in [1.807, 2.05) is 6.07 Å². The van der Waals surface area contributed by atoms with Crippen LogP contribution in [0.5, 0.6) is 0 Å². The number of likely N-dealkylation sites (N-methyl/N-ethyl adjacent to an activating group) is 1. The molecule has 0 aliphatic carbocycles. The van der Waals surface area contributed by atoms with Crippen molar-refractivity contribution in [2.45, 2.75) is 6.92 Å². The van der Waals surface area contributed by atoms with Crippen molar-refractivity contribution in [3.63, 3.8) is 0 Å². The van der Waals surface area contributed by atoms with Gasteiger partial charge in [0, 0.05) is 18.2 Å². The van der Waals surface area contributed by atoms with Gasteiger partial charge in [-0.2, -0.15) is 5.26 Å². The highest BCUT2D eigenvalue weighted by Gasteiger charge is 2.33. The van der Waals surface area contributed by atoms with E-state index in [1.54, 1.807) is 30.3 Å². The Morgan fingerprint density at radius 3 is 2.71 bits per heavy atom. The average Bonchev–Trinajstić information content (AvgIpc) is 3.23. The van der Waals surface area contributed by atoms with Crippen molar-refractivity contribution in [2.24, 2.45) is 0 Å². The summed E-state index contributed by atoms with van der Waals surface area (Å²) in [5.74, 6) is -0.997. The first kappa shape index (κ1) is 21.8. The Bertz CT molecular complexity index is 1210. The lowest BCUT2D eigenvalue weighted by atomic mass is 9.95. The number of hydrogen-bond acceptors (Lipinski definition) is 6. The summed E-state index contributed by atoms with van der Waals surface area (Å²) in [4.78, 5) is 37.6. The van der Waals surface area contributed by atoms with Gasteiger partial charge in [-0.3, -0.25) is 14.5 Å². The molecule has 3 rings (SSSR count). The minimum atomic E-state index is -0.640. The first-order valence-corrected chi connectivity index (χ1v) is 9.49. The monoisotopic (exact) mass is 436 g/mol. The first-order valence-electron chi connectivity index (χ1n) is 9.11. The normalized spacial score (nSPS) is 15.3. The van der Waals surface area contributed by atoms with Crippen molar-refractivity contribution < 1.29 is 23.5 Å². The number of nitriles is 1. The Labute approximate surface area is 183 Å². The maximum absolute atomic E-state index is 12.5. The predicted octanol–water partition coefficient (Wildman–Crippen LogP) is 4.16. The SMILES string of the molecule is C=CCOC(=O)c1cc(-c2ccc(/C=C3/C(=O)N(C)C(=O)C(C#N)=C3C)o2)ccc1Cl. The van der Waals surface area contributed by atoms with Crippen molar-refractivity contribution in [1.82, 2.24) is 4.90 Å². The van der Waals surface area contributed by atoms with Crippen molar-refractivity contribution in [3.8, 4) is 17.4 Å². The molecule has 0 saturated heterocycles. The maximum atomic E-state index is 12.5. The van der Waals surface area contributed by atoms with E-state index in [0.29, 0.717) is 17.1 Å². The molecule has 0 spiro atoms. The van der Waals surface area contributed by atoms with Crippen LogP contribution < -0.4 is 0 Å². The van der Waals surface area contributed by atoms with Crippen molar-refractivity contribution in [2.75, 3.05) is 13.7 Å². The second-order valence-corrected chi connectivity index (χ2v) is 7.03. The Hall–Kier alpha value is -3.89. The van der Waals surface area contributed by atoms with E-state index in [9.17, 15) is 19.6 Å². The number of esters is 1. The topological polar surface area (TPSA) is 101 Å². The van der Waals surface area contributed by atoms with Crippen molar-refractivity contribution in [1.29, 1.82) is 5.26 Å². The van der Waals surface area contributed by atoms with E-state index < -0.39 is 17.8 Å². The zero-order valence-corrected chi connectivity index (χ0v) is 17.5. The number of rotatable bonds is 5. The summed E-state index contributed by atoms with van der Waals surface area (Å²) in [6.45, 7) is 5.09. The van der Waals surface area contributed by atoms with E-state index in [-0.39, 0.29) is 33.9 Å². The minimum Gasteiger partial charge on any atom is -0.458 e. The fourth-order valence-electron chi connectivity index (χ4n) is 2.97. The molecule has 0 N–H and O–H groups in total. The molecule has 1 aromatic carbocycles. The van der Waals surface area contributed by atoms with Gasteiger partial charge in [0.05, 0.1) is 10.6 Å². The summed E-state index contributed by atoms with van der Waals surface area (Å²) in [6.07, 6.45) is 2.92. The molecule has 8 heteroatoms. The molecule has 0 unspecified atom stereocenters. The average molecular weight is 437 g/mol. The molecule has 2 heterocycles. The number of benzene rings is 1. The number of carbonyl (C=O) groups excluding carboxylic acids is 3. The first-order chi connectivity index (χ1) is 14.8. The zero-order valence-electron chi connectivity index (χ0n) is 16.8. The number of imide groups is 1. The fourth-order valence-corrected chi connectivity index (χ4v) is 3.17. The second kappa shape index (κ2) is 8.86. The molecule has 0 radical (unpaired) electrons. The largest absolute Gasteiger partial charge is 0.458 e. The number of furan rings is 1. The Balaban J connectivity index is 1.97. The highest BCUT2D eigenvalue weighted by atomic mass is 35.5. The summed E-state index contributed by atoms with van der Waals surface area (Å²) in [7, 11) is 1.32. The molecule has 2 aromatic rings. The Morgan fingerprint density at radius 1 is 1.29 bits per heavy atom.